The van der Waals surface area contributed by atoms with Crippen molar-refractivity contribution in [2.24, 2.45) is 11.8 Å². The summed E-state index contributed by atoms with van der Waals surface area (Å²) in [4.78, 5) is 15.4. The molecule has 6 aliphatic heterocycles. The minimum atomic E-state index is -2.50. The van der Waals surface area contributed by atoms with Crippen LogP contribution in [0.5, 0.6) is 0 Å². The highest BCUT2D eigenvalue weighted by Crippen LogP contribution is 2.50. The molecule has 20 heteroatoms. The summed E-state index contributed by atoms with van der Waals surface area (Å²) in [7, 11) is -10.0. The molecule has 0 aromatic rings. The van der Waals surface area contributed by atoms with E-state index in [1.54, 1.807) is 7.11 Å². The largest absolute Gasteiger partial charge is 0.414 e. The average molecular weight is 1490 g/mol. The topological polar surface area (TPSA) is 137 Å². The van der Waals surface area contributed by atoms with Gasteiger partial charge in [-0.1, -0.05) is 147 Å². The Bertz CT molecular complexity index is 2430. The summed E-state index contributed by atoms with van der Waals surface area (Å²) in [6, 6.07) is 0. The Morgan fingerprint density at radius 2 is 1.15 bits per heavy atom. The number of ether oxygens (including phenoxy) is 8. The van der Waals surface area contributed by atoms with Crippen LogP contribution in [0.3, 0.4) is 0 Å². The Morgan fingerprint density at radius 1 is 0.609 bits per heavy atom. The van der Waals surface area contributed by atoms with Gasteiger partial charge in [-0.15, -0.1) is 0 Å². The molecule has 6 heterocycles. The number of fused-ring (bicyclic) bond motifs is 1. The van der Waals surface area contributed by atoms with E-state index in [1.807, 2.05) is 0 Å². The highest BCUT2D eigenvalue weighted by Gasteiger charge is 2.59. The standard InChI is InChI=1S/C72H135IO14Si5/c1-47-40-51(30-33-56-48(2)41-52(79-56)32-35-62-76-38-39-77-62)80-59(49(47)3)45-60-55(63(75-19)61(82-60)44-54(84-89(22,23)69(7,8)9)46-78-88(20,21)68(4,5)6)43-50(74)42-53-31-34-57-64(81-53)66(86-91(26,27)71(13,14)15)67(87-92(28,29)72(16,17)18)65(83-57)58(36-37-73)85-90(24,25)70(10,11)12/h36-37,47,51-67H,2-3,30-35,38-46H2,1,4-29H3/b37-36+/t47-,51+,52+,53?,54+,55+,56+,57+,58?,59-,60+,61-,63-,64+,65+,66?,67?/m1/s1. The highest BCUT2D eigenvalue weighted by molar-refractivity contribution is 14.1. The van der Waals surface area contributed by atoms with E-state index in [9.17, 15) is 0 Å². The molecular weight excluding hydrogens is 1360 g/mol. The van der Waals surface area contributed by atoms with Crippen molar-refractivity contribution in [1.82, 2.24) is 0 Å². The second kappa shape index (κ2) is 31.6. The molecule has 0 aromatic heterocycles. The number of Topliss-reactive ketones (excluding diaryl/α,β-unsaturated/α-hetero) is 1. The van der Waals surface area contributed by atoms with Crippen LogP contribution in [-0.4, -0.2) is 172 Å². The van der Waals surface area contributed by atoms with Crippen molar-refractivity contribution in [3.8, 4) is 0 Å². The Morgan fingerprint density at radius 3 is 1.71 bits per heavy atom. The van der Waals surface area contributed by atoms with Gasteiger partial charge in [0.2, 0.25) is 0 Å². The summed E-state index contributed by atoms with van der Waals surface area (Å²) >= 11 is 2.32. The fourth-order valence-corrected chi connectivity index (χ4v) is 19.5. The van der Waals surface area contributed by atoms with E-state index in [1.165, 1.54) is 0 Å². The Hall–Kier alpha value is 0.184. The lowest BCUT2D eigenvalue weighted by Gasteiger charge is -2.56. The van der Waals surface area contributed by atoms with Crippen LogP contribution in [0.2, 0.25) is 90.7 Å². The summed E-state index contributed by atoms with van der Waals surface area (Å²) in [5.41, 5.74) is 2.23. The van der Waals surface area contributed by atoms with Gasteiger partial charge in [-0.25, -0.2) is 0 Å². The van der Waals surface area contributed by atoms with E-state index in [4.69, 9.17) is 66.6 Å². The highest BCUT2D eigenvalue weighted by atomic mass is 127. The third-order valence-electron chi connectivity index (χ3n) is 24.0. The van der Waals surface area contributed by atoms with Gasteiger partial charge in [-0.05, 0) is 163 Å². The lowest BCUT2D eigenvalue weighted by atomic mass is 9.81. The zero-order valence-corrected chi connectivity index (χ0v) is 70.3. The molecule has 4 unspecified atom stereocenters. The molecule has 14 nitrogen and oxygen atoms in total. The molecule has 6 rings (SSSR count). The molecule has 6 aliphatic rings. The third-order valence-corrected chi connectivity index (χ3v) is 46.9. The van der Waals surface area contributed by atoms with E-state index in [0.29, 0.717) is 45.5 Å². The summed E-state index contributed by atoms with van der Waals surface area (Å²) in [6.07, 6.45) is 5.70. The van der Waals surface area contributed by atoms with Gasteiger partial charge < -0.3 is 60.0 Å². The SMILES string of the molecule is C=C1C[C@H](CCC2OCCO2)O[C@H]1CC[C@H]1C[C@@H](C)C(=C)[C@@H](C[C@@H]2O[C@H](C[C@@H](CO[Si](C)(C)C(C)(C)C)O[Si](C)(C)C(C)(C)C)[C@H](OC)[C@H]2CC(=O)CC2CC[C@@H]3O[C@@H](C(/C=C/I)O[Si](C)(C)C(C)(C)C)C(O[Si](C)(C)C(C)(C)C)C(O[Si](C)(C)C(C)(C)C)[C@H]3O2)O1. The molecule has 0 N–H and O–H groups in total. The maximum atomic E-state index is 15.4. The van der Waals surface area contributed by atoms with Gasteiger partial charge in [0.05, 0.1) is 87.0 Å². The molecule has 0 bridgehead atoms. The van der Waals surface area contributed by atoms with Crippen molar-refractivity contribution < 1.29 is 64.8 Å². The Kier molecular flexibility index (Phi) is 27.9. The van der Waals surface area contributed by atoms with Gasteiger partial charge in [-0.2, -0.15) is 0 Å². The number of hydrogen-bond donors (Lipinski definition) is 0. The molecule has 534 valence electrons. The summed E-state index contributed by atoms with van der Waals surface area (Å²) < 4.78 is 93.6. The van der Waals surface area contributed by atoms with Crippen LogP contribution in [0.4, 0.5) is 0 Å². The normalized spacial score (nSPS) is 32.2. The number of rotatable bonds is 28. The smallest absolute Gasteiger partial charge is 0.193 e. The van der Waals surface area contributed by atoms with Crippen molar-refractivity contribution in [2.45, 2.75) is 376 Å². The van der Waals surface area contributed by atoms with E-state index < -0.39 is 72.1 Å². The molecule has 0 aliphatic carbocycles. The third kappa shape index (κ3) is 20.7. The lowest BCUT2D eigenvalue weighted by Crippen LogP contribution is -2.69. The molecule has 0 spiro atoms. The van der Waals surface area contributed by atoms with E-state index in [-0.39, 0.29) is 123 Å². The van der Waals surface area contributed by atoms with Crippen molar-refractivity contribution in [3.63, 3.8) is 0 Å². The van der Waals surface area contributed by atoms with Crippen molar-refractivity contribution in [1.29, 1.82) is 0 Å². The minimum Gasteiger partial charge on any atom is -0.414 e. The quantitative estimate of drug-likeness (QED) is 0.0417. The zero-order valence-electron chi connectivity index (χ0n) is 63.2. The molecule has 0 aromatic carbocycles. The van der Waals surface area contributed by atoms with Crippen molar-refractivity contribution in [2.75, 3.05) is 26.9 Å². The van der Waals surface area contributed by atoms with E-state index in [2.05, 4.69) is 216 Å². The summed E-state index contributed by atoms with van der Waals surface area (Å²) in [5.74, 6) is 0.0816. The first-order valence-corrected chi connectivity index (χ1v) is 51.3. The summed E-state index contributed by atoms with van der Waals surface area (Å²) in [5, 5.41) is -0.257. The molecule has 17 atom stereocenters. The molecule has 0 saturated carbocycles. The Labute approximate surface area is 580 Å². The first kappa shape index (κ1) is 81.2. The van der Waals surface area contributed by atoms with Crippen LogP contribution >= 0.6 is 22.6 Å². The van der Waals surface area contributed by atoms with Crippen LogP contribution in [0.15, 0.2) is 34.5 Å². The van der Waals surface area contributed by atoms with Crippen LogP contribution in [-0.2, 0) is 64.8 Å². The van der Waals surface area contributed by atoms with E-state index >= 15 is 4.79 Å². The fraction of sp³-hybridized carbons (Fsp3) is 0.903. The predicted molar refractivity (Wildman–Crippen MR) is 396 cm³/mol. The molecule has 0 amide bonds. The van der Waals surface area contributed by atoms with Crippen LogP contribution in [0.1, 0.15) is 188 Å². The number of carbonyl (C=O) groups is 1. The maximum absolute atomic E-state index is 15.4. The van der Waals surface area contributed by atoms with Gasteiger partial charge in [0.1, 0.15) is 30.2 Å². The number of methoxy groups -OCH3 is 1. The van der Waals surface area contributed by atoms with Crippen LogP contribution < -0.4 is 0 Å². The van der Waals surface area contributed by atoms with Gasteiger partial charge >= 0.3 is 0 Å². The first-order valence-electron chi connectivity index (χ1n) is 35.6. The Balaban J connectivity index is 1.31. The minimum absolute atomic E-state index is 0.00240. The molecule has 6 fully saturated rings. The first-order chi connectivity index (χ1) is 42.0. The van der Waals surface area contributed by atoms with Gasteiger partial charge in [0, 0.05) is 45.1 Å². The van der Waals surface area contributed by atoms with Crippen molar-refractivity contribution in [3.05, 3.63) is 34.5 Å². The maximum Gasteiger partial charge on any atom is 0.193 e. The van der Waals surface area contributed by atoms with Crippen LogP contribution in [0.25, 0.3) is 0 Å². The van der Waals surface area contributed by atoms with Gasteiger partial charge in [-0.3, -0.25) is 4.79 Å². The fourth-order valence-electron chi connectivity index (χ4n) is 12.8. The summed E-state index contributed by atoms with van der Waals surface area (Å²) in [6.45, 7) is 70.8. The van der Waals surface area contributed by atoms with Gasteiger partial charge in [0.15, 0.2) is 47.9 Å². The van der Waals surface area contributed by atoms with Crippen LogP contribution in [0, 0.1) is 11.8 Å². The van der Waals surface area contributed by atoms with Gasteiger partial charge in [0.25, 0.3) is 0 Å². The second-order valence-electron chi connectivity index (χ2n) is 36.2. The van der Waals surface area contributed by atoms with E-state index in [0.717, 1.165) is 49.7 Å². The zero-order chi connectivity index (χ0) is 69.3. The molecule has 6 saturated heterocycles. The number of halogens is 1. The monoisotopic (exact) mass is 1490 g/mol. The number of hydrogen-bond acceptors (Lipinski definition) is 14. The molecular formula is C72H135IO14Si5. The second-order valence-corrected chi connectivity index (χ2v) is 60.8. The average Bonchev–Trinajstić information content (AvgIpc) is 0.957. The number of ketones is 1. The lowest BCUT2D eigenvalue weighted by molar-refractivity contribution is -0.266. The molecule has 0 radical (unpaired) electrons. The molecule has 92 heavy (non-hydrogen) atoms. The predicted octanol–water partition coefficient (Wildman–Crippen LogP) is 18.4. The van der Waals surface area contributed by atoms with Crippen molar-refractivity contribution >= 4 is 70.0 Å². The number of carbonyl (C=O) groups excluding carboxylic acids is 1.